The average molecular weight is 663 g/mol. The summed E-state index contributed by atoms with van der Waals surface area (Å²) in [6.07, 6.45) is -1.81. The third-order valence-corrected chi connectivity index (χ3v) is 10.2. The molecule has 246 valence electrons. The molecule has 0 radical (unpaired) electrons. The fraction of sp³-hybridized carbons (Fsp3) is 0.353. The van der Waals surface area contributed by atoms with E-state index >= 15 is 4.39 Å². The van der Waals surface area contributed by atoms with Crippen molar-refractivity contribution in [2.24, 2.45) is 0 Å². The number of benzene rings is 3. The lowest BCUT2D eigenvalue weighted by Gasteiger charge is -2.41. The second-order valence-electron chi connectivity index (χ2n) is 11.4. The van der Waals surface area contributed by atoms with Crippen LogP contribution in [0.25, 0.3) is 4.85 Å². The number of urea groups is 1. The van der Waals surface area contributed by atoms with Gasteiger partial charge in [0.05, 0.1) is 19.3 Å². The van der Waals surface area contributed by atoms with Gasteiger partial charge < -0.3 is 19.6 Å². The van der Waals surface area contributed by atoms with Gasteiger partial charge in [0.15, 0.2) is 12.4 Å². The first-order valence-electron chi connectivity index (χ1n) is 15.3. The van der Waals surface area contributed by atoms with Gasteiger partial charge >= 0.3 is 13.9 Å². The van der Waals surface area contributed by atoms with Gasteiger partial charge in [-0.1, -0.05) is 79.7 Å². The maximum Gasteiger partial charge on any atom is 0.475 e. The Morgan fingerprint density at radius 2 is 1.72 bits per heavy atom. The summed E-state index contributed by atoms with van der Waals surface area (Å²) >= 11 is 0. The predicted molar refractivity (Wildman–Crippen MR) is 171 cm³/mol. The number of carbonyl (C=O) groups excluding carboxylic acids is 1. The molecule has 13 heteroatoms. The number of phosphoric ester groups is 1. The summed E-state index contributed by atoms with van der Waals surface area (Å²) in [6.45, 7) is 8.16. The number of fused-ring (bicyclic) bond motifs is 1. The molecular formula is C34H36FN4O7P. The second kappa shape index (κ2) is 13.6. The van der Waals surface area contributed by atoms with Crippen LogP contribution in [-0.4, -0.2) is 68.1 Å². The molecule has 0 saturated carbocycles. The molecule has 2 unspecified atom stereocenters. The molecule has 3 aliphatic rings. The summed E-state index contributed by atoms with van der Waals surface area (Å²) in [5.74, 6) is 0.703. The first-order valence-corrected chi connectivity index (χ1v) is 16.8. The van der Waals surface area contributed by atoms with Crippen molar-refractivity contribution in [1.82, 2.24) is 15.5 Å². The Morgan fingerprint density at radius 3 is 2.30 bits per heavy atom. The Kier molecular flexibility index (Phi) is 9.48. The Hall–Kier alpha value is -4.08. The standard InChI is InChI=1S/C34H36FN4O7P/c1-4-33-23-44-47(41,43-22-20-36-2)46-30(33)29(35)31(45-33)39-21-19-28(37-32(39)40)38-34(24-11-7-5-8-12-24,25-13-9-6-10-14-25)26-15-17-27(42-3)18-16-26/h5-19,21,28-31,38H,4,20,22-23H2,1,3H3,(H,37,40)/t28?,29-,30+,31-,33-,47?/m1/s1. The van der Waals surface area contributed by atoms with Crippen molar-refractivity contribution in [3.8, 4) is 5.75 Å². The van der Waals surface area contributed by atoms with E-state index in [2.05, 4.69) is 15.5 Å². The van der Waals surface area contributed by atoms with Crippen molar-refractivity contribution in [3.63, 3.8) is 0 Å². The van der Waals surface area contributed by atoms with Crippen LogP contribution in [0.3, 0.4) is 0 Å². The van der Waals surface area contributed by atoms with E-state index in [1.807, 2.05) is 84.9 Å². The fourth-order valence-corrected chi connectivity index (χ4v) is 7.76. The van der Waals surface area contributed by atoms with Gasteiger partial charge in [0.1, 0.15) is 30.2 Å². The van der Waals surface area contributed by atoms with Crippen LogP contribution >= 0.6 is 7.82 Å². The molecule has 0 aliphatic carbocycles. The lowest BCUT2D eigenvalue weighted by atomic mass is 9.76. The molecule has 0 aromatic heterocycles. The maximum atomic E-state index is 16.1. The summed E-state index contributed by atoms with van der Waals surface area (Å²) in [5, 5.41) is 6.62. The zero-order valence-electron chi connectivity index (χ0n) is 26.0. The number of nitrogens with one attached hydrogen (secondary N) is 2. The van der Waals surface area contributed by atoms with Gasteiger partial charge in [-0.2, -0.15) is 0 Å². The number of methoxy groups -OCH3 is 1. The quantitative estimate of drug-likeness (QED) is 0.116. The molecule has 3 heterocycles. The molecule has 11 nitrogen and oxygen atoms in total. The number of nitrogens with zero attached hydrogens (tertiary/aromatic N) is 2. The minimum atomic E-state index is -4.13. The molecule has 3 aliphatic heterocycles. The molecule has 3 aromatic rings. The molecule has 0 bridgehead atoms. The molecule has 3 aromatic carbocycles. The summed E-state index contributed by atoms with van der Waals surface area (Å²) in [7, 11) is -2.52. The van der Waals surface area contributed by atoms with Crippen molar-refractivity contribution in [2.45, 2.75) is 49.2 Å². The van der Waals surface area contributed by atoms with Crippen LogP contribution < -0.4 is 15.4 Å². The molecule has 2 N–H and O–H groups in total. The maximum absolute atomic E-state index is 16.1. The summed E-state index contributed by atoms with van der Waals surface area (Å²) in [4.78, 5) is 18.0. The van der Waals surface area contributed by atoms with E-state index < -0.39 is 49.7 Å². The number of amides is 2. The van der Waals surface area contributed by atoms with E-state index in [-0.39, 0.29) is 26.2 Å². The minimum absolute atomic E-state index is 0.0548. The third-order valence-electron chi connectivity index (χ3n) is 8.73. The number of alkyl halides is 1. The summed E-state index contributed by atoms with van der Waals surface area (Å²) < 4.78 is 56.9. The second-order valence-corrected chi connectivity index (χ2v) is 13.0. The zero-order valence-corrected chi connectivity index (χ0v) is 26.8. The normalized spacial score (nSPS) is 28.7. The van der Waals surface area contributed by atoms with Gasteiger partial charge in [-0.25, -0.2) is 20.3 Å². The first kappa shape index (κ1) is 32.8. The highest BCUT2D eigenvalue weighted by Crippen LogP contribution is 2.59. The Bertz CT molecular complexity index is 1630. The van der Waals surface area contributed by atoms with Gasteiger partial charge in [-0.05, 0) is 41.3 Å². The Morgan fingerprint density at radius 1 is 1.09 bits per heavy atom. The van der Waals surface area contributed by atoms with Crippen LogP contribution in [0.2, 0.25) is 0 Å². The van der Waals surface area contributed by atoms with E-state index in [0.29, 0.717) is 5.75 Å². The summed E-state index contributed by atoms with van der Waals surface area (Å²) in [6, 6.07) is 26.9. The van der Waals surface area contributed by atoms with Crippen molar-refractivity contribution in [1.29, 1.82) is 0 Å². The van der Waals surface area contributed by atoms with E-state index in [1.165, 1.54) is 6.20 Å². The lowest BCUT2D eigenvalue weighted by Crippen LogP contribution is -2.60. The van der Waals surface area contributed by atoms with Gasteiger partial charge in [-0.15, -0.1) is 0 Å². The average Bonchev–Trinajstić information content (AvgIpc) is 3.39. The number of hydrogen-bond donors (Lipinski definition) is 2. The van der Waals surface area contributed by atoms with Gasteiger partial charge in [0.25, 0.3) is 0 Å². The number of carbonyl (C=O) groups is 1. The first-order chi connectivity index (χ1) is 22.8. The van der Waals surface area contributed by atoms with Gasteiger partial charge in [0, 0.05) is 6.20 Å². The molecule has 6 atom stereocenters. The molecule has 2 amide bonds. The molecule has 47 heavy (non-hydrogen) atoms. The van der Waals surface area contributed by atoms with Crippen LogP contribution in [0.1, 0.15) is 30.0 Å². The highest BCUT2D eigenvalue weighted by atomic mass is 31.2. The third kappa shape index (κ3) is 6.19. The summed E-state index contributed by atoms with van der Waals surface area (Å²) in [5.41, 5.74) is 0.538. The van der Waals surface area contributed by atoms with E-state index in [4.69, 9.17) is 29.6 Å². The smallest absolute Gasteiger partial charge is 0.475 e. The number of phosphoric acid groups is 1. The minimum Gasteiger partial charge on any atom is -0.497 e. The fourth-order valence-electron chi connectivity index (χ4n) is 6.29. The van der Waals surface area contributed by atoms with Gasteiger partial charge in [-0.3, -0.25) is 23.8 Å². The van der Waals surface area contributed by atoms with E-state index in [1.54, 1.807) is 20.1 Å². The van der Waals surface area contributed by atoms with Crippen molar-refractivity contribution in [2.75, 3.05) is 26.9 Å². The van der Waals surface area contributed by atoms with Crippen molar-refractivity contribution >= 4 is 13.9 Å². The molecule has 6 rings (SSSR count). The number of rotatable bonds is 11. The zero-order chi connectivity index (χ0) is 33.1. The SMILES string of the molecule is [C-]#[N+]CCOP1(=O)OC[C@@]2(CC)O[C@@H](N3C=CC(NC(c4ccccc4)(c4ccccc4)c4ccc(OC)cc4)NC3=O)[C@H](F)[C@@H]2O1. The predicted octanol–water partition coefficient (Wildman–Crippen LogP) is 5.74. The topological polar surface area (TPSA) is 112 Å². The monoisotopic (exact) mass is 662 g/mol. The lowest BCUT2D eigenvalue weighted by molar-refractivity contribution is -0.150. The van der Waals surface area contributed by atoms with Gasteiger partial charge in [0.2, 0.25) is 6.54 Å². The van der Waals surface area contributed by atoms with Crippen LogP contribution in [0.15, 0.2) is 97.2 Å². The Labute approximate surface area is 273 Å². The largest absolute Gasteiger partial charge is 0.497 e. The highest BCUT2D eigenvalue weighted by molar-refractivity contribution is 7.48. The van der Waals surface area contributed by atoms with Crippen molar-refractivity contribution < 1.29 is 36.8 Å². The number of halogens is 1. The van der Waals surface area contributed by atoms with E-state index in [9.17, 15) is 9.36 Å². The molecule has 0 spiro atoms. The van der Waals surface area contributed by atoms with Crippen LogP contribution in [0, 0.1) is 6.57 Å². The van der Waals surface area contributed by atoms with Crippen LogP contribution in [-0.2, 0) is 28.4 Å². The molecule has 2 fully saturated rings. The van der Waals surface area contributed by atoms with Crippen LogP contribution in [0.4, 0.5) is 9.18 Å². The number of ether oxygens (including phenoxy) is 2. The molecular weight excluding hydrogens is 626 g/mol. The van der Waals surface area contributed by atoms with Crippen molar-refractivity contribution in [3.05, 3.63) is 125 Å². The van der Waals surface area contributed by atoms with Crippen LogP contribution in [0.5, 0.6) is 5.75 Å². The Balaban J connectivity index is 1.30. The molecule has 2 saturated heterocycles. The highest BCUT2D eigenvalue weighted by Gasteiger charge is 2.63. The van der Waals surface area contributed by atoms with E-state index in [0.717, 1.165) is 21.6 Å². The number of hydrogen-bond acceptors (Lipinski definition) is 8.